The van der Waals surface area contributed by atoms with Gasteiger partial charge in [0.05, 0.1) is 5.56 Å². The highest BCUT2D eigenvalue weighted by atomic mass is 19.4. The van der Waals surface area contributed by atoms with Crippen molar-refractivity contribution in [1.29, 1.82) is 0 Å². The van der Waals surface area contributed by atoms with Crippen LogP contribution in [-0.4, -0.2) is 30.6 Å². The van der Waals surface area contributed by atoms with E-state index in [0.29, 0.717) is 18.2 Å². The van der Waals surface area contributed by atoms with Crippen LogP contribution in [0.2, 0.25) is 0 Å². The van der Waals surface area contributed by atoms with Crippen LogP contribution in [0.5, 0.6) is 0 Å². The molecule has 1 aromatic carbocycles. The molecule has 1 aromatic rings. The van der Waals surface area contributed by atoms with Gasteiger partial charge in [0.2, 0.25) is 0 Å². The quantitative estimate of drug-likeness (QED) is 0.898. The van der Waals surface area contributed by atoms with Gasteiger partial charge in [-0.3, -0.25) is 0 Å². The van der Waals surface area contributed by atoms with Gasteiger partial charge in [-0.25, -0.2) is 4.79 Å². The molecule has 21 heavy (non-hydrogen) atoms. The van der Waals surface area contributed by atoms with Crippen molar-refractivity contribution in [3.05, 3.63) is 29.8 Å². The first-order valence-electron chi connectivity index (χ1n) is 6.74. The smallest absolute Gasteiger partial charge is 0.328 e. The summed E-state index contributed by atoms with van der Waals surface area (Å²) in [7, 11) is 1.65. The summed E-state index contributed by atoms with van der Waals surface area (Å²) in [6.45, 7) is 0.377. The lowest BCUT2D eigenvalue weighted by atomic mass is 10.1. The number of halogens is 3. The standard InChI is InChI=1S/C14H18F3N3O/c1-20(12(8-18)9-2-3-9)13(21)19-11-6-4-10(5-7-11)14(15,16)17/h4-7,9,12H,2-3,8,18H2,1H3,(H,19,21). The van der Waals surface area contributed by atoms with Crippen molar-refractivity contribution in [2.45, 2.75) is 25.1 Å². The number of nitrogens with two attached hydrogens (primary N) is 1. The maximum atomic E-state index is 12.4. The first-order valence-corrected chi connectivity index (χ1v) is 6.74. The summed E-state index contributed by atoms with van der Waals surface area (Å²) >= 11 is 0. The predicted octanol–water partition coefficient (Wildman–Crippen LogP) is 2.91. The Labute approximate surface area is 121 Å². The molecule has 4 nitrogen and oxygen atoms in total. The average molecular weight is 301 g/mol. The van der Waals surface area contributed by atoms with Gasteiger partial charge in [0.1, 0.15) is 0 Å². The van der Waals surface area contributed by atoms with Gasteiger partial charge < -0.3 is 16.0 Å². The van der Waals surface area contributed by atoms with E-state index < -0.39 is 11.7 Å². The van der Waals surface area contributed by atoms with Crippen molar-refractivity contribution < 1.29 is 18.0 Å². The molecule has 0 radical (unpaired) electrons. The van der Waals surface area contributed by atoms with Gasteiger partial charge in [-0.05, 0) is 43.0 Å². The maximum absolute atomic E-state index is 12.4. The van der Waals surface area contributed by atoms with Crippen LogP contribution in [0, 0.1) is 5.92 Å². The number of likely N-dealkylation sites (N-methyl/N-ethyl adjacent to an activating group) is 1. The average Bonchev–Trinajstić information content (AvgIpc) is 3.23. The number of rotatable bonds is 4. The Balaban J connectivity index is 1.98. The molecule has 1 atom stereocenters. The fraction of sp³-hybridized carbons (Fsp3) is 0.500. The lowest BCUT2D eigenvalue weighted by Crippen LogP contribution is -2.45. The summed E-state index contributed by atoms with van der Waals surface area (Å²) in [5, 5.41) is 2.58. The molecule has 0 spiro atoms. The summed E-state index contributed by atoms with van der Waals surface area (Å²) < 4.78 is 37.3. The number of benzene rings is 1. The number of urea groups is 1. The minimum atomic E-state index is -4.38. The van der Waals surface area contributed by atoms with Gasteiger partial charge in [-0.1, -0.05) is 0 Å². The maximum Gasteiger partial charge on any atom is 0.416 e. The molecule has 0 heterocycles. The summed E-state index contributed by atoms with van der Waals surface area (Å²) in [4.78, 5) is 13.6. The summed E-state index contributed by atoms with van der Waals surface area (Å²) in [5.41, 5.74) is 5.25. The number of alkyl halides is 3. The van der Waals surface area contributed by atoms with Crippen LogP contribution in [0.1, 0.15) is 18.4 Å². The molecule has 0 aliphatic heterocycles. The fourth-order valence-electron chi connectivity index (χ4n) is 2.25. The molecule has 0 aromatic heterocycles. The summed E-state index contributed by atoms with van der Waals surface area (Å²) in [5.74, 6) is 0.429. The lowest BCUT2D eigenvalue weighted by molar-refractivity contribution is -0.137. The Kier molecular flexibility index (Phi) is 4.41. The molecule has 2 amide bonds. The van der Waals surface area contributed by atoms with E-state index in [0.717, 1.165) is 25.0 Å². The van der Waals surface area contributed by atoms with E-state index >= 15 is 0 Å². The highest BCUT2D eigenvalue weighted by Crippen LogP contribution is 2.34. The molecule has 1 aliphatic carbocycles. The number of carbonyl (C=O) groups excluding carboxylic acids is 1. The van der Waals surface area contributed by atoms with Gasteiger partial charge >= 0.3 is 12.2 Å². The van der Waals surface area contributed by atoms with Crippen LogP contribution >= 0.6 is 0 Å². The van der Waals surface area contributed by atoms with Gasteiger partial charge in [0.25, 0.3) is 0 Å². The van der Waals surface area contributed by atoms with E-state index in [4.69, 9.17) is 5.73 Å². The van der Waals surface area contributed by atoms with Crippen molar-refractivity contribution in [1.82, 2.24) is 4.90 Å². The summed E-state index contributed by atoms with van der Waals surface area (Å²) in [6.07, 6.45) is -2.27. The fourth-order valence-corrected chi connectivity index (χ4v) is 2.25. The van der Waals surface area contributed by atoms with Crippen LogP contribution in [-0.2, 0) is 6.18 Å². The second kappa shape index (κ2) is 5.93. The molecule has 0 bridgehead atoms. The Morgan fingerprint density at radius 2 is 1.95 bits per heavy atom. The molecule has 0 saturated heterocycles. The molecule has 1 fully saturated rings. The Hall–Kier alpha value is -1.76. The SMILES string of the molecule is CN(C(=O)Nc1ccc(C(F)(F)F)cc1)C(CN)C1CC1. The van der Waals surface area contributed by atoms with Crippen LogP contribution in [0.4, 0.5) is 23.7 Å². The number of hydrogen-bond acceptors (Lipinski definition) is 2. The molecular formula is C14H18F3N3O. The van der Waals surface area contributed by atoms with Crippen molar-refractivity contribution in [3.8, 4) is 0 Å². The van der Waals surface area contributed by atoms with Crippen LogP contribution in [0.25, 0.3) is 0 Å². The van der Waals surface area contributed by atoms with E-state index in [9.17, 15) is 18.0 Å². The highest BCUT2D eigenvalue weighted by Gasteiger charge is 2.35. The monoisotopic (exact) mass is 301 g/mol. The number of nitrogens with zero attached hydrogens (tertiary/aromatic N) is 1. The third-order valence-corrected chi connectivity index (χ3v) is 3.69. The number of anilines is 1. The highest BCUT2D eigenvalue weighted by molar-refractivity contribution is 5.89. The number of nitrogens with one attached hydrogen (secondary N) is 1. The molecule has 2 rings (SSSR count). The minimum absolute atomic E-state index is 0.0283. The number of hydrogen-bond donors (Lipinski definition) is 2. The van der Waals surface area contributed by atoms with E-state index in [2.05, 4.69) is 5.32 Å². The van der Waals surface area contributed by atoms with E-state index in [1.54, 1.807) is 7.05 Å². The molecule has 3 N–H and O–H groups in total. The van der Waals surface area contributed by atoms with E-state index in [1.165, 1.54) is 17.0 Å². The molecule has 1 unspecified atom stereocenters. The molecule has 7 heteroatoms. The Morgan fingerprint density at radius 1 is 1.38 bits per heavy atom. The topological polar surface area (TPSA) is 58.4 Å². The van der Waals surface area contributed by atoms with Crippen molar-refractivity contribution in [2.75, 3.05) is 18.9 Å². The van der Waals surface area contributed by atoms with Crippen molar-refractivity contribution in [3.63, 3.8) is 0 Å². The molecular weight excluding hydrogens is 283 g/mol. The van der Waals surface area contributed by atoms with Gasteiger partial charge in [0, 0.05) is 25.3 Å². The second-order valence-electron chi connectivity index (χ2n) is 5.26. The number of amides is 2. The van der Waals surface area contributed by atoms with Crippen LogP contribution in [0.15, 0.2) is 24.3 Å². The second-order valence-corrected chi connectivity index (χ2v) is 5.26. The van der Waals surface area contributed by atoms with Crippen molar-refractivity contribution in [2.24, 2.45) is 11.7 Å². The van der Waals surface area contributed by atoms with Gasteiger partial charge in [-0.15, -0.1) is 0 Å². The normalized spacial score (nSPS) is 16.4. The first-order chi connectivity index (χ1) is 9.82. The van der Waals surface area contributed by atoms with E-state index in [-0.39, 0.29) is 12.1 Å². The van der Waals surface area contributed by atoms with E-state index in [1.807, 2.05) is 0 Å². The van der Waals surface area contributed by atoms with Crippen LogP contribution < -0.4 is 11.1 Å². The zero-order valence-electron chi connectivity index (χ0n) is 11.7. The van der Waals surface area contributed by atoms with Crippen LogP contribution in [0.3, 0.4) is 0 Å². The molecule has 1 saturated carbocycles. The van der Waals surface area contributed by atoms with Gasteiger partial charge in [0.15, 0.2) is 0 Å². The molecule has 1 aliphatic rings. The predicted molar refractivity (Wildman–Crippen MR) is 73.8 cm³/mol. The lowest BCUT2D eigenvalue weighted by Gasteiger charge is -2.27. The Morgan fingerprint density at radius 3 is 2.38 bits per heavy atom. The third-order valence-electron chi connectivity index (χ3n) is 3.69. The zero-order chi connectivity index (χ0) is 15.6. The number of carbonyl (C=O) groups is 1. The third kappa shape index (κ3) is 3.87. The Bertz CT molecular complexity index is 497. The minimum Gasteiger partial charge on any atom is -0.328 e. The summed E-state index contributed by atoms with van der Waals surface area (Å²) in [6, 6.07) is 3.97. The van der Waals surface area contributed by atoms with Crippen molar-refractivity contribution >= 4 is 11.7 Å². The first kappa shape index (κ1) is 15.6. The largest absolute Gasteiger partial charge is 0.416 e. The zero-order valence-corrected chi connectivity index (χ0v) is 11.7. The molecule has 116 valence electrons. The van der Waals surface area contributed by atoms with Gasteiger partial charge in [-0.2, -0.15) is 13.2 Å².